The van der Waals surface area contributed by atoms with E-state index in [1.807, 2.05) is 0 Å². The standard InChI is InChI=1S/C17H27N3/c1-3-20-11-5-7-16(20)13-19(2)15-8-9-17-14(12-15)6-4-10-18-17/h8-9,12,16,18H,3-7,10-11,13H2,1-2H3. The Morgan fingerprint density at radius 1 is 1.35 bits per heavy atom. The van der Waals surface area contributed by atoms with Gasteiger partial charge in [-0.1, -0.05) is 6.92 Å². The summed E-state index contributed by atoms with van der Waals surface area (Å²) in [6.45, 7) is 7.02. The first-order valence-corrected chi connectivity index (χ1v) is 8.10. The first-order valence-electron chi connectivity index (χ1n) is 8.10. The molecule has 2 aliphatic rings. The van der Waals surface area contributed by atoms with E-state index in [0.717, 1.165) is 19.1 Å². The largest absolute Gasteiger partial charge is 0.385 e. The second-order valence-electron chi connectivity index (χ2n) is 6.18. The van der Waals surface area contributed by atoms with Gasteiger partial charge in [-0.05, 0) is 62.5 Å². The monoisotopic (exact) mass is 273 g/mol. The maximum Gasteiger partial charge on any atom is 0.0374 e. The minimum absolute atomic E-state index is 0.735. The van der Waals surface area contributed by atoms with E-state index < -0.39 is 0 Å². The third-order valence-electron chi connectivity index (χ3n) is 4.86. The second kappa shape index (κ2) is 6.04. The third kappa shape index (κ3) is 2.78. The zero-order valence-corrected chi connectivity index (χ0v) is 12.9. The number of anilines is 2. The van der Waals surface area contributed by atoms with Crippen molar-refractivity contribution in [1.82, 2.24) is 4.90 Å². The summed E-state index contributed by atoms with van der Waals surface area (Å²) in [5.74, 6) is 0. The van der Waals surface area contributed by atoms with Crippen LogP contribution in [0.15, 0.2) is 18.2 Å². The highest BCUT2D eigenvalue weighted by Crippen LogP contribution is 2.27. The fraction of sp³-hybridized carbons (Fsp3) is 0.647. The summed E-state index contributed by atoms with van der Waals surface area (Å²) in [6, 6.07) is 7.64. The molecule has 3 nitrogen and oxygen atoms in total. The van der Waals surface area contributed by atoms with Crippen molar-refractivity contribution in [2.24, 2.45) is 0 Å². The molecule has 1 aromatic carbocycles. The molecular weight excluding hydrogens is 246 g/mol. The Kier molecular flexibility index (Phi) is 4.16. The lowest BCUT2D eigenvalue weighted by atomic mass is 10.0. The smallest absolute Gasteiger partial charge is 0.0374 e. The van der Waals surface area contributed by atoms with Gasteiger partial charge in [0.2, 0.25) is 0 Å². The van der Waals surface area contributed by atoms with Gasteiger partial charge in [0.05, 0.1) is 0 Å². The quantitative estimate of drug-likeness (QED) is 0.910. The molecule has 1 fully saturated rings. The summed E-state index contributed by atoms with van der Waals surface area (Å²) in [6.07, 6.45) is 5.19. The molecule has 2 aliphatic heterocycles. The third-order valence-corrected chi connectivity index (χ3v) is 4.86. The van der Waals surface area contributed by atoms with E-state index in [9.17, 15) is 0 Å². The zero-order valence-electron chi connectivity index (χ0n) is 12.9. The highest BCUT2D eigenvalue weighted by molar-refractivity contribution is 5.61. The minimum Gasteiger partial charge on any atom is -0.385 e. The van der Waals surface area contributed by atoms with Crippen LogP contribution in [0.2, 0.25) is 0 Å². The number of nitrogens with zero attached hydrogens (tertiary/aromatic N) is 2. The van der Waals surface area contributed by atoms with Crippen LogP contribution in [-0.4, -0.2) is 44.2 Å². The molecule has 0 amide bonds. The molecule has 3 rings (SSSR count). The van der Waals surface area contributed by atoms with Crippen LogP contribution in [0.3, 0.4) is 0 Å². The van der Waals surface area contributed by atoms with E-state index in [2.05, 4.69) is 47.3 Å². The Morgan fingerprint density at radius 2 is 2.25 bits per heavy atom. The normalized spacial score (nSPS) is 22.4. The Bertz CT molecular complexity index is 458. The van der Waals surface area contributed by atoms with Crippen molar-refractivity contribution >= 4 is 11.4 Å². The van der Waals surface area contributed by atoms with Crippen LogP contribution in [0.4, 0.5) is 11.4 Å². The highest BCUT2D eigenvalue weighted by atomic mass is 15.2. The lowest BCUT2D eigenvalue weighted by Crippen LogP contribution is -2.38. The molecule has 1 N–H and O–H groups in total. The molecule has 3 heteroatoms. The van der Waals surface area contributed by atoms with Crippen LogP contribution in [0, 0.1) is 0 Å². The summed E-state index contributed by atoms with van der Waals surface area (Å²) in [7, 11) is 2.24. The number of hydrogen-bond donors (Lipinski definition) is 1. The Balaban J connectivity index is 1.69. The predicted octanol–water partition coefficient (Wildman–Crippen LogP) is 2.97. The van der Waals surface area contributed by atoms with Crippen LogP contribution in [-0.2, 0) is 6.42 Å². The van der Waals surface area contributed by atoms with Gasteiger partial charge < -0.3 is 10.2 Å². The van der Waals surface area contributed by atoms with E-state index in [-0.39, 0.29) is 0 Å². The summed E-state index contributed by atoms with van der Waals surface area (Å²) in [5.41, 5.74) is 4.19. The Labute approximate surface area is 123 Å². The van der Waals surface area contributed by atoms with Gasteiger partial charge in [-0.2, -0.15) is 0 Å². The van der Waals surface area contributed by atoms with Crippen LogP contribution in [0.1, 0.15) is 31.7 Å². The molecule has 0 radical (unpaired) electrons. The molecule has 1 atom stereocenters. The fourth-order valence-corrected chi connectivity index (χ4v) is 3.64. The van der Waals surface area contributed by atoms with E-state index >= 15 is 0 Å². The molecule has 2 heterocycles. The van der Waals surface area contributed by atoms with Crippen molar-refractivity contribution in [3.05, 3.63) is 23.8 Å². The molecule has 1 unspecified atom stereocenters. The molecule has 1 saturated heterocycles. The predicted molar refractivity (Wildman–Crippen MR) is 86.8 cm³/mol. The lowest BCUT2D eigenvalue weighted by molar-refractivity contribution is 0.270. The van der Waals surface area contributed by atoms with Crippen molar-refractivity contribution in [1.29, 1.82) is 0 Å². The van der Waals surface area contributed by atoms with E-state index in [4.69, 9.17) is 0 Å². The van der Waals surface area contributed by atoms with Gasteiger partial charge in [0, 0.05) is 37.6 Å². The fourth-order valence-electron chi connectivity index (χ4n) is 3.64. The van der Waals surface area contributed by atoms with Crippen molar-refractivity contribution in [2.45, 2.75) is 38.6 Å². The number of hydrogen-bond acceptors (Lipinski definition) is 3. The number of likely N-dealkylation sites (N-methyl/N-ethyl adjacent to an activating group) is 2. The summed E-state index contributed by atoms with van der Waals surface area (Å²) in [4.78, 5) is 5.06. The Morgan fingerprint density at radius 3 is 3.10 bits per heavy atom. The van der Waals surface area contributed by atoms with E-state index in [0.29, 0.717) is 0 Å². The van der Waals surface area contributed by atoms with Crippen molar-refractivity contribution in [3.8, 4) is 0 Å². The van der Waals surface area contributed by atoms with Gasteiger partial charge in [-0.25, -0.2) is 0 Å². The molecule has 0 bridgehead atoms. The number of benzene rings is 1. The van der Waals surface area contributed by atoms with E-state index in [1.54, 1.807) is 0 Å². The molecule has 110 valence electrons. The second-order valence-corrected chi connectivity index (χ2v) is 6.18. The average Bonchev–Trinajstić information content (AvgIpc) is 2.94. The van der Waals surface area contributed by atoms with Gasteiger partial charge in [0.25, 0.3) is 0 Å². The molecule has 20 heavy (non-hydrogen) atoms. The van der Waals surface area contributed by atoms with E-state index in [1.165, 1.54) is 55.7 Å². The summed E-state index contributed by atoms with van der Waals surface area (Å²) in [5, 5.41) is 3.49. The number of fused-ring (bicyclic) bond motifs is 1. The lowest BCUT2D eigenvalue weighted by Gasteiger charge is -2.30. The van der Waals surface area contributed by atoms with Gasteiger partial charge in [0.15, 0.2) is 0 Å². The first-order chi connectivity index (χ1) is 9.78. The van der Waals surface area contributed by atoms with Gasteiger partial charge in [-0.15, -0.1) is 0 Å². The topological polar surface area (TPSA) is 18.5 Å². The summed E-state index contributed by atoms with van der Waals surface area (Å²) < 4.78 is 0. The molecule has 0 saturated carbocycles. The maximum absolute atomic E-state index is 3.49. The van der Waals surface area contributed by atoms with Crippen molar-refractivity contribution < 1.29 is 0 Å². The number of rotatable bonds is 4. The Hall–Kier alpha value is -1.22. The van der Waals surface area contributed by atoms with Gasteiger partial charge in [-0.3, -0.25) is 4.90 Å². The molecule has 0 aliphatic carbocycles. The number of likely N-dealkylation sites (tertiary alicyclic amines) is 1. The molecule has 0 aromatic heterocycles. The van der Waals surface area contributed by atoms with Crippen molar-refractivity contribution in [3.63, 3.8) is 0 Å². The van der Waals surface area contributed by atoms with Crippen LogP contribution in [0.5, 0.6) is 0 Å². The van der Waals surface area contributed by atoms with Gasteiger partial charge in [0.1, 0.15) is 0 Å². The number of aryl methyl sites for hydroxylation is 1. The zero-order chi connectivity index (χ0) is 13.9. The summed E-state index contributed by atoms with van der Waals surface area (Å²) >= 11 is 0. The molecular formula is C17H27N3. The highest BCUT2D eigenvalue weighted by Gasteiger charge is 2.24. The van der Waals surface area contributed by atoms with Crippen LogP contribution >= 0.6 is 0 Å². The molecule has 1 aromatic rings. The molecule has 0 spiro atoms. The van der Waals surface area contributed by atoms with Gasteiger partial charge >= 0.3 is 0 Å². The first kappa shape index (κ1) is 13.7. The van der Waals surface area contributed by atoms with Crippen molar-refractivity contribution in [2.75, 3.05) is 43.4 Å². The minimum atomic E-state index is 0.735. The van der Waals surface area contributed by atoms with Crippen LogP contribution < -0.4 is 10.2 Å². The average molecular weight is 273 g/mol. The number of nitrogens with one attached hydrogen (secondary N) is 1. The van der Waals surface area contributed by atoms with Crippen LogP contribution in [0.25, 0.3) is 0 Å². The SMILES string of the molecule is CCN1CCCC1CN(C)c1ccc2c(c1)CCCN2. The maximum atomic E-state index is 3.49.